The first-order valence-electron chi connectivity index (χ1n) is 9.81. The van der Waals surface area contributed by atoms with Gasteiger partial charge in [-0.15, -0.1) is 0 Å². The summed E-state index contributed by atoms with van der Waals surface area (Å²) in [6, 6.07) is 0. The first-order valence-corrected chi connectivity index (χ1v) is 9.81. The molecule has 22 heavy (non-hydrogen) atoms. The van der Waals surface area contributed by atoms with Gasteiger partial charge in [-0.1, -0.05) is 77.0 Å². The predicted molar refractivity (Wildman–Crippen MR) is 94.8 cm³/mol. The molecule has 3 nitrogen and oxygen atoms in total. The molecular formula is C19H38N2O. The van der Waals surface area contributed by atoms with E-state index in [4.69, 9.17) is 5.73 Å². The Morgan fingerprint density at radius 1 is 0.636 bits per heavy atom. The second-order valence-electron chi connectivity index (χ2n) is 7.02. The van der Waals surface area contributed by atoms with Gasteiger partial charge in [0.1, 0.15) is 0 Å². The van der Waals surface area contributed by atoms with Crippen LogP contribution < -0.4 is 11.1 Å². The highest BCUT2D eigenvalue weighted by Gasteiger charge is 2.14. The Bertz CT molecular complexity index is 248. The predicted octanol–water partition coefficient (Wildman–Crippen LogP) is 4.54. The molecule has 0 saturated carbocycles. The maximum absolute atomic E-state index is 11.5. The van der Waals surface area contributed by atoms with E-state index in [0.29, 0.717) is 0 Å². The average molecular weight is 311 g/mol. The van der Waals surface area contributed by atoms with Crippen molar-refractivity contribution in [2.75, 3.05) is 13.1 Å². The lowest BCUT2D eigenvalue weighted by Gasteiger charge is -2.13. The molecule has 0 aromatic carbocycles. The number of hydrogen-bond acceptors (Lipinski definition) is 2. The number of nitrogens with one attached hydrogen (secondary N) is 1. The first-order chi connectivity index (χ1) is 10.8. The van der Waals surface area contributed by atoms with Gasteiger partial charge < -0.3 is 11.1 Å². The minimum atomic E-state index is -0.104. The van der Waals surface area contributed by atoms with Gasteiger partial charge in [0.2, 0.25) is 5.91 Å². The molecule has 1 amide bonds. The summed E-state index contributed by atoms with van der Waals surface area (Å²) in [4.78, 5) is 11.5. The van der Waals surface area contributed by atoms with Crippen molar-refractivity contribution in [1.82, 2.24) is 5.32 Å². The maximum atomic E-state index is 11.5. The molecule has 1 aliphatic heterocycles. The highest BCUT2D eigenvalue weighted by molar-refractivity contribution is 5.76. The van der Waals surface area contributed by atoms with Crippen molar-refractivity contribution in [3.63, 3.8) is 0 Å². The fourth-order valence-corrected chi connectivity index (χ4v) is 3.42. The van der Waals surface area contributed by atoms with E-state index >= 15 is 0 Å². The number of amides is 1. The largest absolute Gasteiger partial charge is 0.369 e. The molecule has 0 aromatic rings. The van der Waals surface area contributed by atoms with E-state index in [1.807, 2.05) is 0 Å². The quantitative estimate of drug-likeness (QED) is 0.747. The number of primary amides is 1. The fraction of sp³-hybridized carbons (Fsp3) is 0.947. The van der Waals surface area contributed by atoms with Crippen LogP contribution in [0.15, 0.2) is 0 Å². The molecule has 1 unspecified atom stereocenters. The molecule has 0 aliphatic carbocycles. The van der Waals surface area contributed by atoms with E-state index in [2.05, 4.69) is 5.32 Å². The first kappa shape index (κ1) is 19.5. The lowest BCUT2D eigenvalue weighted by atomic mass is 9.96. The summed E-state index contributed by atoms with van der Waals surface area (Å²) in [5.74, 6) is -0.0257. The monoisotopic (exact) mass is 310 g/mol. The van der Waals surface area contributed by atoms with Gasteiger partial charge in [-0.25, -0.2) is 0 Å². The Morgan fingerprint density at radius 2 is 1.09 bits per heavy atom. The molecular weight excluding hydrogens is 272 g/mol. The van der Waals surface area contributed by atoms with Crippen LogP contribution in [0.1, 0.15) is 96.3 Å². The van der Waals surface area contributed by atoms with E-state index in [9.17, 15) is 4.79 Å². The molecule has 1 atom stereocenters. The Morgan fingerprint density at radius 3 is 1.59 bits per heavy atom. The second-order valence-corrected chi connectivity index (χ2v) is 7.02. The molecule has 0 spiro atoms. The molecule has 0 radical (unpaired) electrons. The van der Waals surface area contributed by atoms with Crippen molar-refractivity contribution >= 4 is 5.91 Å². The minimum absolute atomic E-state index is 0.0783. The minimum Gasteiger partial charge on any atom is -0.369 e. The number of rotatable bonds is 1. The zero-order valence-electron chi connectivity index (χ0n) is 14.6. The second kappa shape index (κ2) is 14.0. The molecule has 1 heterocycles. The van der Waals surface area contributed by atoms with Crippen molar-refractivity contribution < 1.29 is 4.79 Å². The SMILES string of the molecule is NC(=O)C1CCCCCCCCCCCCCCCNCC1. The summed E-state index contributed by atoms with van der Waals surface area (Å²) in [7, 11) is 0. The van der Waals surface area contributed by atoms with Gasteiger partial charge in [-0.3, -0.25) is 4.79 Å². The zero-order valence-corrected chi connectivity index (χ0v) is 14.6. The van der Waals surface area contributed by atoms with Crippen molar-refractivity contribution in [3.05, 3.63) is 0 Å². The van der Waals surface area contributed by atoms with E-state index in [0.717, 1.165) is 32.4 Å². The Hall–Kier alpha value is -0.570. The van der Waals surface area contributed by atoms with Crippen LogP contribution in [0.2, 0.25) is 0 Å². The molecule has 3 N–H and O–H groups in total. The van der Waals surface area contributed by atoms with Gasteiger partial charge in [0.05, 0.1) is 0 Å². The molecule has 1 rings (SSSR count). The summed E-state index contributed by atoms with van der Waals surface area (Å²) in [5.41, 5.74) is 5.54. The summed E-state index contributed by atoms with van der Waals surface area (Å²) >= 11 is 0. The lowest BCUT2D eigenvalue weighted by molar-refractivity contribution is -0.122. The number of nitrogens with two attached hydrogens (primary N) is 1. The van der Waals surface area contributed by atoms with Crippen LogP contribution in [0.3, 0.4) is 0 Å². The van der Waals surface area contributed by atoms with Gasteiger partial charge >= 0.3 is 0 Å². The lowest BCUT2D eigenvalue weighted by Crippen LogP contribution is -2.27. The maximum Gasteiger partial charge on any atom is 0.220 e. The van der Waals surface area contributed by atoms with Crippen LogP contribution in [0.25, 0.3) is 0 Å². The zero-order chi connectivity index (χ0) is 15.9. The standard InChI is InChI=1S/C19H38N2O/c20-19(22)18-14-12-10-8-6-4-2-1-3-5-7-9-11-13-16-21-17-15-18/h18,21H,1-17H2,(H2,20,22). The van der Waals surface area contributed by atoms with Crippen LogP contribution in [0, 0.1) is 5.92 Å². The number of carbonyl (C=O) groups excluding carboxylic acids is 1. The molecule has 1 fully saturated rings. The summed E-state index contributed by atoms with van der Waals surface area (Å²) in [5, 5.41) is 3.48. The fourth-order valence-electron chi connectivity index (χ4n) is 3.42. The third-order valence-corrected chi connectivity index (χ3v) is 4.98. The Kier molecular flexibility index (Phi) is 12.4. The Labute approximate surface area is 137 Å². The van der Waals surface area contributed by atoms with Crippen LogP contribution in [-0.4, -0.2) is 19.0 Å². The van der Waals surface area contributed by atoms with Crippen molar-refractivity contribution in [1.29, 1.82) is 0 Å². The van der Waals surface area contributed by atoms with Crippen molar-refractivity contribution in [2.45, 2.75) is 96.3 Å². The van der Waals surface area contributed by atoms with Crippen LogP contribution >= 0.6 is 0 Å². The normalized spacial score (nSPS) is 25.5. The molecule has 1 saturated heterocycles. The van der Waals surface area contributed by atoms with Gasteiger partial charge in [-0.05, 0) is 32.4 Å². The van der Waals surface area contributed by atoms with Gasteiger partial charge in [0.25, 0.3) is 0 Å². The summed E-state index contributed by atoms with van der Waals surface area (Å²) in [6.45, 7) is 2.03. The van der Waals surface area contributed by atoms with Crippen LogP contribution in [-0.2, 0) is 4.79 Å². The highest BCUT2D eigenvalue weighted by Crippen LogP contribution is 2.16. The average Bonchev–Trinajstić information content (AvgIpc) is 2.50. The van der Waals surface area contributed by atoms with E-state index in [1.165, 1.54) is 77.0 Å². The molecule has 0 aromatic heterocycles. The van der Waals surface area contributed by atoms with Gasteiger partial charge in [0, 0.05) is 5.92 Å². The van der Waals surface area contributed by atoms with E-state index in [-0.39, 0.29) is 11.8 Å². The number of hydrogen-bond donors (Lipinski definition) is 2. The van der Waals surface area contributed by atoms with Crippen LogP contribution in [0.4, 0.5) is 0 Å². The van der Waals surface area contributed by atoms with Crippen molar-refractivity contribution in [3.8, 4) is 0 Å². The third-order valence-electron chi connectivity index (χ3n) is 4.98. The van der Waals surface area contributed by atoms with Gasteiger partial charge in [-0.2, -0.15) is 0 Å². The van der Waals surface area contributed by atoms with Crippen LogP contribution in [0.5, 0.6) is 0 Å². The molecule has 1 aliphatic rings. The van der Waals surface area contributed by atoms with Gasteiger partial charge in [0.15, 0.2) is 0 Å². The molecule has 0 bridgehead atoms. The van der Waals surface area contributed by atoms with E-state index in [1.54, 1.807) is 0 Å². The Balaban J connectivity index is 2.23. The summed E-state index contributed by atoms with van der Waals surface area (Å²) < 4.78 is 0. The summed E-state index contributed by atoms with van der Waals surface area (Å²) in [6.07, 6.45) is 19.5. The highest BCUT2D eigenvalue weighted by atomic mass is 16.1. The molecule has 3 heteroatoms. The topological polar surface area (TPSA) is 55.1 Å². The third kappa shape index (κ3) is 11.1. The number of carbonyl (C=O) groups is 1. The molecule has 130 valence electrons. The smallest absolute Gasteiger partial charge is 0.220 e. The van der Waals surface area contributed by atoms with Crippen molar-refractivity contribution in [2.24, 2.45) is 11.7 Å². The van der Waals surface area contributed by atoms with E-state index < -0.39 is 0 Å².